The number of carbonyl (C=O) groups excluding carboxylic acids is 2. The Labute approximate surface area is 349 Å². The Balaban J connectivity index is 1.13. The molecule has 3 aliphatic heterocycles. The fraction of sp³-hybridized carbons (Fsp3) is 0.761. The molecule has 3 aliphatic carbocycles. The van der Waals surface area contributed by atoms with E-state index in [2.05, 4.69) is 49.5 Å². The maximum absolute atomic E-state index is 15.1. The Kier molecular flexibility index (Phi) is 13.0. The van der Waals surface area contributed by atoms with Crippen LogP contribution in [0.2, 0.25) is 0 Å². The first kappa shape index (κ1) is 42.9. The lowest BCUT2D eigenvalue weighted by Crippen LogP contribution is -2.59. The zero-order valence-electron chi connectivity index (χ0n) is 36.5. The number of nitrogens with zero attached hydrogens (tertiary/aromatic N) is 3. The van der Waals surface area contributed by atoms with Gasteiger partial charge in [-0.05, 0) is 109 Å². The zero-order chi connectivity index (χ0) is 41.7. The maximum Gasteiger partial charge on any atom is 0.306 e. The van der Waals surface area contributed by atoms with Crippen LogP contribution in [0.5, 0.6) is 0 Å². The highest BCUT2D eigenvalue weighted by molar-refractivity contribution is 5.99. The molecule has 0 radical (unpaired) electrons. The molecule has 6 aliphatic rings. The van der Waals surface area contributed by atoms with Crippen molar-refractivity contribution in [3.8, 4) is 0 Å². The van der Waals surface area contributed by atoms with Gasteiger partial charge in [-0.1, -0.05) is 26.0 Å². The van der Waals surface area contributed by atoms with Crippen LogP contribution >= 0.6 is 0 Å². The maximum atomic E-state index is 15.1. The van der Waals surface area contributed by atoms with Gasteiger partial charge in [0.05, 0.1) is 36.5 Å². The van der Waals surface area contributed by atoms with Crippen LogP contribution in [0.3, 0.4) is 0 Å². The lowest BCUT2D eigenvalue weighted by Gasteiger charge is -2.44. The van der Waals surface area contributed by atoms with E-state index in [0.29, 0.717) is 18.0 Å². The summed E-state index contributed by atoms with van der Waals surface area (Å²) in [4.78, 5) is 36.6. The predicted molar refractivity (Wildman–Crippen MR) is 219 cm³/mol. The number of pyridine rings is 1. The first-order chi connectivity index (χ1) is 28.5. The average molecular weight is 822 g/mol. The molecular formula is C46H67N3O10. The second-order valence-corrected chi connectivity index (χ2v) is 18.3. The van der Waals surface area contributed by atoms with Gasteiger partial charge in [0.2, 0.25) is 0 Å². The third-order valence-corrected chi connectivity index (χ3v) is 14.8. The smallest absolute Gasteiger partial charge is 0.306 e. The third kappa shape index (κ3) is 8.08. The largest absolute Gasteiger partial charge is 0.462 e. The fourth-order valence-electron chi connectivity index (χ4n) is 11.9. The Morgan fingerprint density at radius 1 is 0.881 bits per heavy atom. The molecule has 8 rings (SSSR count). The number of imidazole rings is 1. The van der Waals surface area contributed by atoms with Gasteiger partial charge in [0.25, 0.3) is 0 Å². The number of ketones is 1. The molecule has 4 fully saturated rings. The molecule has 1 saturated carbocycles. The number of esters is 1. The lowest BCUT2D eigenvalue weighted by atomic mass is 9.66. The van der Waals surface area contributed by atoms with Crippen molar-refractivity contribution >= 4 is 17.4 Å². The summed E-state index contributed by atoms with van der Waals surface area (Å²) >= 11 is 0. The van der Waals surface area contributed by atoms with Gasteiger partial charge >= 0.3 is 5.97 Å². The van der Waals surface area contributed by atoms with Gasteiger partial charge in [-0.25, -0.2) is 4.98 Å². The summed E-state index contributed by atoms with van der Waals surface area (Å²) in [5.74, 6) is -0.975. The summed E-state index contributed by atoms with van der Waals surface area (Å²) in [7, 11) is 9.16. The van der Waals surface area contributed by atoms with Gasteiger partial charge in [-0.3, -0.25) is 9.59 Å². The van der Waals surface area contributed by atoms with Crippen molar-refractivity contribution in [1.82, 2.24) is 14.3 Å². The number of aromatic nitrogens is 2. The number of Topliss-reactive ketones (excluding diaryl/α,β-unsaturated/α-hetero) is 1. The molecule has 326 valence electrons. The summed E-state index contributed by atoms with van der Waals surface area (Å²) in [6, 6.07) is 6.40. The molecule has 5 heterocycles. The van der Waals surface area contributed by atoms with Crippen molar-refractivity contribution < 1.29 is 47.5 Å². The van der Waals surface area contributed by atoms with Crippen molar-refractivity contribution in [1.29, 1.82) is 0 Å². The number of hydrogen-bond donors (Lipinski definition) is 0. The topological polar surface area (TPSA) is 129 Å². The SMILES string of the molecule is CC[C@H]1CCC[C@H](O[C@H]2CC[C@H](N(C)C)C(C)O2)[C@@H](C)C(=O)C2=C[C@H]3[C@@H]4C[C@H](O[C@@H]5OC(C)[C@H](OC)C(OC)C5OC)C[C@H]4c4c(nc5ccccn45)[C@H]3[C@@H]2CC(=O)O1. The molecular weight excluding hydrogens is 755 g/mol. The van der Waals surface area contributed by atoms with Crippen LogP contribution in [0.4, 0.5) is 0 Å². The molecule has 2 aromatic heterocycles. The van der Waals surface area contributed by atoms with Crippen LogP contribution in [0, 0.1) is 23.7 Å². The highest BCUT2D eigenvalue weighted by Gasteiger charge is 2.57. The number of ether oxygens (including phenoxy) is 8. The third-order valence-electron chi connectivity index (χ3n) is 14.8. The quantitative estimate of drug-likeness (QED) is 0.267. The van der Waals surface area contributed by atoms with E-state index in [-0.39, 0.29) is 96.8 Å². The van der Waals surface area contributed by atoms with E-state index < -0.39 is 18.3 Å². The number of fused-ring (bicyclic) bond motifs is 10. The number of cyclic esters (lactones) is 1. The minimum atomic E-state index is -0.656. The first-order valence-electron chi connectivity index (χ1n) is 22.2. The number of rotatable bonds is 9. The molecule has 0 amide bonds. The first-order valence-corrected chi connectivity index (χ1v) is 22.2. The summed E-state index contributed by atoms with van der Waals surface area (Å²) < 4.78 is 52.7. The standard InChI is InChI=1S/C46H67N3O10/c1-10-27-14-13-15-35(59-38-18-17-34(48(5)6)25(3)55-38)24(2)42(51)33-22-30-29-20-28(58-46-45(54-9)44(53-8)43(52-7)26(4)56-46)21-32(29)41-40(39(30)31(33)23-37(50)57-27)47-36-16-11-12-19-49(36)41/h11-12,16,19,22,24-32,34-35,38-39,43-46H,10,13-15,17-18,20-21,23H2,1-9H3/t24-,25?,26?,27+,28+,29+,30+,31-,32-,34+,35+,38+,39-,43+,44?,45?,46+/m1/s1. The number of hydrogen-bond acceptors (Lipinski definition) is 12. The van der Waals surface area contributed by atoms with Gasteiger partial charge in [-0.2, -0.15) is 0 Å². The second kappa shape index (κ2) is 17.9. The molecule has 3 saturated heterocycles. The van der Waals surface area contributed by atoms with Crippen molar-refractivity contribution in [2.45, 2.75) is 165 Å². The lowest BCUT2D eigenvalue weighted by molar-refractivity contribution is -0.314. The van der Waals surface area contributed by atoms with E-state index >= 15 is 4.79 Å². The highest BCUT2D eigenvalue weighted by atomic mass is 16.7. The minimum absolute atomic E-state index is 0.0128. The number of methoxy groups -OCH3 is 3. The van der Waals surface area contributed by atoms with Crippen molar-refractivity contribution in [3.63, 3.8) is 0 Å². The van der Waals surface area contributed by atoms with Crippen molar-refractivity contribution in [3.05, 3.63) is 47.4 Å². The molecule has 0 N–H and O–H groups in total. The number of allylic oxidation sites excluding steroid dienone is 2. The molecule has 0 spiro atoms. The molecule has 4 unspecified atom stereocenters. The van der Waals surface area contributed by atoms with Gasteiger partial charge in [0.15, 0.2) is 18.4 Å². The summed E-state index contributed by atoms with van der Waals surface area (Å²) in [5.41, 5.74) is 3.69. The van der Waals surface area contributed by atoms with E-state index in [1.165, 1.54) is 0 Å². The van der Waals surface area contributed by atoms with Crippen LogP contribution in [0.15, 0.2) is 36.0 Å². The van der Waals surface area contributed by atoms with E-state index in [4.69, 9.17) is 42.9 Å². The Morgan fingerprint density at radius 2 is 1.66 bits per heavy atom. The van der Waals surface area contributed by atoms with Crippen LogP contribution in [0.1, 0.15) is 109 Å². The fourth-order valence-corrected chi connectivity index (χ4v) is 11.9. The Hall–Kier alpha value is -2.75. The zero-order valence-corrected chi connectivity index (χ0v) is 36.5. The van der Waals surface area contributed by atoms with Crippen LogP contribution in [-0.2, 0) is 47.5 Å². The molecule has 0 bridgehead atoms. The summed E-state index contributed by atoms with van der Waals surface area (Å²) in [6.07, 6.45) is 7.42. The van der Waals surface area contributed by atoms with Crippen molar-refractivity contribution in [2.75, 3.05) is 35.4 Å². The molecule has 13 nitrogen and oxygen atoms in total. The van der Waals surface area contributed by atoms with Crippen molar-refractivity contribution in [2.24, 2.45) is 23.7 Å². The number of carbonyl (C=O) groups is 2. The normalized spacial score (nSPS) is 41.7. The predicted octanol–water partition coefficient (Wildman–Crippen LogP) is 6.21. The second-order valence-electron chi connectivity index (χ2n) is 18.3. The molecule has 13 heteroatoms. The van der Waals surface area contributed by atoms with E-state index in [1.807, 2.05) is 32.0 Å². The van der Waals surface area contributed by atoms with Crippen LogP contribution in [0.25, 0.3) is 5.65 Å². The monoisotopic (exact) mass is 821 g/mol. The number of likely N-dealkylation sites (N-methyl/N-ethyl adjacent to an activating group) is 1. The highest BCUT2D eigenvalue weighted by Crippen LogP contribution is 2.61. The average Bonchev–Trinajstić information content (AvgIpc) is 3.92. The van der Waals surface area contributed by atoms with E-state index in [9.17, 15) is 4.79 Å². The van der Waals surface area contributed by atoms with E-state index in [1.54, 1.807) is 21.3 Å². The molecule has 17 atom stereocenters. The van der Waals surface area contributed by atoms with Crippen LogP contribution < -0.4 is 0 Å². The Morgan fingerprint density at radius 3 is 2.37 bits per heavy atom. The molecule has 0 aromatic carbocycles. The van der Waals surface area contributed by atoms with E-state index in [0.717, 1.165) is 62.0 Å². The van der Waals surface area contributed by atoms with Crippen LogP contribution in [-0.4, -0.2) is 129 Å². The summed E-state index contributed by atoms with van der Waals surface area (Å²) in [6.45, 7) is 8.17. The minimum Gasteiger partial charge on any atom is -0.462 e. The van der Waals surface area contributed by atoms with Gasteiger partial charge in [-0.15, -0.1) is 0 Å². The van der Waals surface area contributed by atoms with Gasteiger partial charge < -0.3 is 47.2 Å². The van der Waals surface area contributed by atoms with Gasteiger partial charge in [0.1, 0.15) is 30.1 Å². The summed E-state index contributed by atoms with van der Waals surface area (Å²) in [5, 5.41) is 0. The molecule has 2 aromatic rings. The Bertz CT molecular complexity index is 1830. The molecule has 59 heavy (non-hydrogen) atoms. The van der Waals surface area contributed by atoms with Gasteiger partial charge in [0, 0.05) is 62.9 Å².